The van der Waals surface area contributed by atoms with Gasteiger partial charge in [0.2, 0.25) is 0 Å². The Balaban J connectivity index is 1.48. The highest BCUT2D eigenvalue weighted by atomic mass is 16.3. The number of hydrogen-bond donors (Lipinski definition) is 0. The molecule has 0 radical (unpaired) electrons. The fourth-order valence-corrected chi connectivity index (χ4v) is 3.32. The number of benzene rings is 1. The molecular formula is C19H19N3O3. The van der Waals surface area contributed by atoms with Gasteiger partial charge in [-0.05, 0) is 18.2 Å². The van der Waals surface area contributed by atoms with Crippen molar-refractivity contribution in [2.45, 2.75) is 0 Å². The summed E-state index contributed by atoms with van der Waals surface area (Å²) in [6, 6.07) is 11.2. The second kappa shape index (κ2) is 6.12. The van der Waals surface area contributed by atoms with Crippen molar-refractivity contribution in [1.29, 1.82) is 0 Å². The van der Waals surface area contributed by atoms with Crippen molar-refractivity contribution >= 4 is 23.1 Å². The molecule has 2 amide bonds. The lowest BCUT2D eigenvalue weighted by atomic mass is 10.1. The summed E-state index contributed by atoms with van der Waals surface area (Å²) in [5.74, 6) is 0.294. The highest BCUT2D eigenvalue weighted by Gasteiger charge is 2.30. The number of likely N-dealkylation sites (N-methyl/N-ethyl adjacent to an activating group) is 1. The SMILES string of the molecule is CN1C(=O)/C(=C\N2CCN(C(=O)c3ccco3)CC2)c2ccccc21. The fourth-order valence-electron chi connectivity index (χ4n) is 3.32. The average molecular weight is 337 g/mol. The first kappa shape index (κ1) is 15.5. The molecule has 1 aromatic heterocycles. The molecule has 128 valence electrons. The molecule has 0 unspecified atom stereocenters. The Labute approximate surface area is 145 Å². The first-order valence-corrected chi connectivity index (χ1v) is 8.31. The van der Waals surface area contributed by atoms with Crippen LogP contribution >= 0.6 is 0 Å². The Morgan fingerprint density at radius 1 is 1.08 bits per heavy atom. The second-order valence-electron chi connectivity index (χ2n) is 6.23. The lowest BCUT2D eigenvalue weighted by Gasteiger charge is -2.33. The van der Waals surface area contributed by atoms with Gasteiger partial charge in [-0.3, -0.25) is 9.59 Å². The highest BCUT2D eigenvalue weighted by Crippen LogP contribution is 2.35. The zero-order valence-corrected chi connectivity index (χ0v) is 14.0. The van der Waals surface area contributed by atoms with Crippen LogP contribution in [0.1, 0.15) is 16.1 Å². The number of furan rings is 1. The summed E-state index contributed by atoms with van der Waals surface area (Å²) < 4.78 is 5.18. The molecule has 6 heteroatoms. The fraction of sp³-hybridized carbons (Fsp3) is 0.263. The number of fused-ring (bicyclic) bond motifs is 1. The number of hydrogen-bond acceptors (Lipinski definition) is 4. The predicted octanol–water partition coefficient (Wildman–Crippen LogP) is 2.05. The molecule has 0 saturated carbocycles. The third-order valence-electron chi connectivity index (χ3n) is 4.74. The molecule has 0 atom stereocenters. The van der Waals surface area contributed by atoms with Crippen molar-refractivity contribution in [3.8, 4) is 0 Å². The van der Waals surface area contributed by atoms with E-state index in [9.17, 15) is 9.59 Å². The molecule has 3 heterocycles. The molecule has 0 aliphatic carbocycles. The van der Waals surface area contributed by atoms with E-state index in [0.29, 0.717) is 37.5 Å². The second-order valence-corrected chi connectivity index (χ2v) is 6.23. The minimum atomic E-state index is -0.0840. The van der Waals surface area contributed by atoms with Gasteiger partial charge in [0.1, 0.15) is 0 Å². The van der Waals surface area contributed by atoms with Gasteiger partial charge in [-0.2, -0.15) is 0 Å². The first-order chi connectivity index (χ1) is 12.1. The maximum atomic E-state index is 12.5. The van der Waals surface area contributed by atoms with Crippen molar-refractivity contribution in [1.82, 2.24) is 9.80 Å². The number of anilines is 1. The molecule has 1 aromatic carbocycles. The number of nitrogens with zero attached hydrogens (tertiary/aromatic N) is 3. The van der Waals surface area contributed by atoms with Gasteiger partial charge in [-0.15, -0.1) is 0 Å². The van der Waals surface area contributed by atoms with Gasteiger partial charge in [0.15, 0.2) is 5.76 Å². The number of amides is 2. The summed E-state index contributed by atoms with van der Waals surface area (Å²) in [7, 11) is 1.79. The van der Waals surface area contributed by atoms with Gasteiger partial charge in [-0.1, -0.05) is 18.2 Å². The maximum absolute atomic E-state index is 12.5. The van der Waals surface area contributed by atoms with Crippen LogP contribution in [-0.2, 0) is 4.79 Å². The molecule has 0 spiro atoms. The maximum Gasteiger partial charge on any atom is 0.289 e. The summed E-state index contributed by atoms with van der Waals surface area (Å²) in [5, 5.41) is 0. The van der Waals surface area contributed by atoms with Crippen LogP contribution in [0.2, 0.25) is 0 Å². The Bertz CT molecular complexity index is 833. The standard InChI is InChI=1S/C19H19N3O3/c1-20-16-6-3-2-5-14(16)15(18(20)23)13-21-8-10-22(11-9-21)19(24)17-7-4-12-25-17/h2-7,12-13H,8-11H2,1H3/b15-13-. The van der Waals surface area contributed by atoms with E-state index in [-0.39, 0.29) is 11.8 Å². The Morgan fingerprint density at radius 2 is 1.84 bits per heavy atom. The van der Waals surface area contributed by atoms with Gasteiger partial charge in [-0.25, -0.2) is 0 Å². The van der Waals surface area contributed by atoms with Gasteiger partial charge >= 0.3 is 0 Å². The lowest BCUT2D eigenvalue weighted by Crippen LogP contribution is -2.46. The Kier molecular flexibility index (Phi) is 3.80. The van der Waals surface area contributed by atoms with E-state index in [1.807, 2.05) is 30.5 Å². The van der Waals surface area contributed by atoms with E-state index in [1.165, 1.54) is 6.26 Å². The van der Waals surface area contributed by atoms with Crippen LogP contribution < -0.4 is 4.90 Å². The predicted molar refractivity (Wildman–Crippen MR) is 94.0 cm³/mol. The van der Waals surface area contributed by atoms with Gasteiger partial charge in [0.25, 0.3) is 11.8 Å². The smallest absolute Gasteiger partial charge is 0.289 e. The quantitative estimate of drug-likeness (QED) is 0.787. The van der Waals surface area contributed by atoms with Crippen LogP contribution in [0.3, 0.4) is 0 Å². The minimum absolute atomic E-state index is 0.00953. The van der Waals surface area contributed by atoms with Crippen LogP contribution in [0.15, 0.2) is 53.3 Å². The van der Waals surface area contributed by atoms with E-state index in [0.717, 1.165) is 11.3 Å². The van der Waals surface area contributed by atoms with Crippen molar-refractivity contribution in [2.75, 3.05) is 38.1 Å². The molecule has 1 saturated heterocycles. The average Bonchev–Trinajstić information content (AvgIpc) is 3.26. The topological polar surface area (TPSA) is 57.0 Å². The number of carbonyl (C=O) groups is 2. The third-order valence-corrected chi connectivity index (χ3v) is 4.74. The summed E-state index contributed by atoms with van der Waals surface area (Å²) in [6.45, 7) is 2.59. The molecule has 6 nitrogen and oxygen atoms in total. The first-order valence-electron chi connectivity index (χ1n) is 8.31. The molecule has 0 N–H and O–H groups in total. The lowest BCUT2D eigenvalue weighted by molar-refractivity contribution is -0.112. The summed E-state index contributed by atoms with van der Waals surface area (Å²) in [5.41, 5.74) is 2.61. The monoisotopic (exact) mass is 337 g/mol. The van der Waals surface area contributed by atoms with Gasteiger partial charge in [0, 0.05) is 45.0 Å². The normalized spacial score (nSPS) is 18.8. The molecule has 1 fully saturated rings. The third kappa shape index (κ3) is 2.69. The number of para-hydroxylation sites is 1. The zero-order valence-electron chi connectivity index (χ0n) is 14.0. The summed E-state index contributed by atoms with van der Waals surface area (Å²) in [6.07, 6.45) is 3.44. The van der Waals surface area contributed by atoms with Gasteiger partial charge in [0.05, 0.1) is 17.5 Å². The van der Waals surface area contributed by atoms with Crippen LogP contribution in [0, 0.1) is 0 Å². The highest BCUT2D eigenvalue weighted by molar-refractivity contribution is 6.32. The molecule has 2 aromatic rings. The zero-order chi connectivity index (χ0) is 17.4. The van der Waals surface area contributed by atoms with Crippen LogP contribution in [-0.4, -0.2) is 54.8 Å². The van der Waals surface area contributed by atoms with E-state index in [2.05, 4.69) is 4.90 Å². The minimum Gasteiger partial charge on any atom is -0.459 e. The summed E-state index contributed by atoms with van der Waals surface area (Å²) in [4.78, 5) is 30.4. The molecule has 4 rings (SSSR count). The summed E-state index contributed by atoms with van der Waals surface area (Å²) >= 11 is 0. The van der Waals surface area contributed by atoms with E-state index < -0.39 is 0 Å². The van der Waals surface area contributed by atoms with E-state index >= 15 is 0 Å². The Hall–Kier alpha value is -3.02. The van der Waals surface area contributed by atoms with Gasteiger partial charge < -0.3 is 19.1 Å². The van der Waals surface area contributed by atoms with Crippen LogP contribution in [0.5, 0.6) is 0 Å². The molecule has 25 heavy (non-hydrogen) atoms. The van der Waals surface area contributed by atoms with Crippen molar-refractivity contribution in [2.24, 2.45) is 0 Å². The largest absolute Gasteiger partial charge is 0.459 e. The van der Waals surface area contributed by atoms with Crippen LogP contribution in [0.4, 0.5) is 5.69 Å². The molecule has 2 aliphatic heterocycles. The molecular weight excluding hydrogens is 318 g/mol. The van der Waals surface area contributed by atoms with Crippen molar-refractivity contribution < 1.29 is 14.0 Å². The number of carbonyl (C=O) groups excluding carboxylic acids is 2. The van der Waals surface area contributed by atoms with E-state index in [4.69, 9.17) is 4.42 Å². The van der Waals surface area contributed by atoms with Crippen LogP contribution in [0.25, 0.3) is 5.57 Å². The van der Waals surface area contributed by atoms with E-state index in [1.54, 1.807) is 29.0 Å². The number of piperazine rings is 1. The molecule has 0 bridgehead atoms. The molecule has 2 aliphatic rings. The van der Waals surface area contributed by atoms with Crippen molar-refractivity contribution in [3.63, 3.8) is 0 Å². The number of rotatable bonds is 2. The Morgan fingerprint density at radius 3 is 2.56 bits per heavy atom. The van der Waals surface area contributed by atoms with Crippen molar-refractivity contribution in [3.05, 3.63) is 60.2 Å².